The van der Waals surface area contributed by atoms with Crippen LogP contribution >= 0.6 is 37.9 Å². The van der Waals surface area contributed by atoms with Crippen LogP contribution in [-0.4, -0.2) is 29.8 Å². The first-order chi connectivity index (χ1) is 3.13. The molecule has 0 bridgehead atoms. The van der Waals surface area contributed by atoms with Gasteiger partial charge in [-0.2, -0.15) is 0 Å². The van der Waals surface area contributed by atoms with E-state index in [0.29, 0.717) is 0 Å². The maximum absolute atomic E-state index is 9.43. The normalized spacial score (nSPS) is 9.40. The molecule has 0 rings (SSSR count). The van der Waals surface area contributed by atoms with Crippen LogP contribution in [0.4, 0.5) is 0 Å². The molecule has 0 fully saturated rings. The van der Waals surface area contributed by atoms with Crippen LogP contribution in [0.3, 0.4) is 0 Å². The molecule has 2 unspecified atom stereocenters. The van der Waals surface area contributed by atoms with Gasteiger partial charge in [0.15, 0.2) is 0 Å². The Morgan fingerprint density at radius 3 is 1.30 bits per heavy atom. The van der Waals surface area contributed by atoms with Gasteiger partial charge in [0.1, 0.15) is 0 Å². The van der Waals surface area contributed by atoms with Gasteiger partial charge >= 0.3 is 25.5 Å². The molecule has 4 nitrogen and oxygen atoms in total. The van der Waals surface area contributed by atoms with E-state index in [4.69, 9.17) is 0 Å². The fourth-order valence-electron chi connectivity index (χ4n) is 0.0544. The van der Waals surface area contributed by atoms with Crippen molar-refractivity contribution in [2.75, 3.05) is 0 Å². The zero-order valence-corrected chi connectivity index (χ0v) is 9.27. The molecule has 0 aliphatic carbocycles. The second-order valence-electron chi connectivity index (χ2n) is 0.529. The molecule has 0 aliphatic heterocycles. The van der Waals surface area contributed by atoms with Crippen molar-refractivity contribution in [1.29, 1.82) is 0 Å². The van der Waals surface area contributed by atoms with Gasteiger partial charge in [0.05, 0.1) is 0 Å². The largest absolute Gasteiger partial charge is 0.581 e. The smallest absolute Gasteiger partial charge is 0.438 e. The average molecular weight is 229 g/mol. The van der Waals surface area contributed by atoms with Crippen molar-refractivity contribution in [3.8, 4) is 0 Å². The molecule has 0 aliphatic rings. The van der Waals surface area contributed by atoms with Gasteiger partial charge in [-0.1, -0.05) is 9.13 Å². The molecular formula is HClLiO4P2SSi. The van der Waals surface area contributed by atoms with Gasteiger partial charge in [0, 0.05) is 29.8 Å². The Morgan fingerprint density at radius 2 is 1.30 bits per heavy atom. The van der Waals surface area contributed by atoms with Crippen LogP contribution in [-0.2, 0) is 9.13 Å². The molecule has 5 radical (unpaired) electrons. The van der Waals surface area contributed by atoms with Crippen molar-refractivity contribution in [3.63, 3.8) is 0 Å². The van der Waals surface area contributed by atoms with Crippen LogP contribution in [0.2, 0.25) is 0 Å². The summed E-state index contributed by atoms with van der Waals surface area (Å²) < 4.78 is 18.9. The van der Waals surface area contributed by atoms with Crippen LogP contribution in [0.1, 0.15) is 0 Å². The van der Waals surface area contributed by atoms with E-state index in [-0.39, 0.29) is 53.2 Å². The Bertz CT molecular complexity index is 99.4. The molecular weight excluding hydrogens is 228 g/mol. The minimum absolute atomic E-state index is 0. The van der Waals surface area contributed by atoms with Crippen LogP contribution in [0.25, 0.3) is 0 Å². The minimum atomic E-state index is -2.82. The zero-order valence-electron chi connectivity index (χ0n) is 4.84. The SMILES string of the molecule is Cl.O=[P+]([O-])S[P+](=O)[O-].[Li].[Si]. The van der Waals surface area contributed by atoms with Crippen LogP contribution in [0.15, 0.2) is 0 Å². The van der Waals surface area contributed by atoms with Crippen molar-refractivity contribution in [2.45, 2.75) is 0 Å². The number of hydrogen-bond acceptors (Lipinski definition) is 5. The predicted molar refractivity (Wildman–Crippen MR) is 41.6 cm³/mol. The molecule has 0 N–H and O–H groups in total. The van der Waals surface area contributed by atoms with Crippen LogP contribution in [0, 0.1) is 0 Å². The standard InChI is InChI=1S/ClH.Li.O4P2S.Si/c;;1-5(2)7-6(3)4;/h1H;;;. The molecule has 10 heteroatoms. The van der Waals surface area contributed by atoms with Crippen molar-refractivity contribution in [2.24, 2.45) is 0 Å². The van der Waals surface area contributed by atoms with Gasteiger partial charge in [0.2, 0.25) is 0 Å². The number of halogens is 1. The first-order valence-corrected chi connectivity index (χ1v) is 5.48. The van der Waals surface area contributed by atoms with E-state index < -0.39 is 14.5 Å². The predicted octanol–water partition coefficient (Wildman–Crippen LogP) is -0.585. The van der Waals surface area contributed by atoms with Gasteiger partial charge in [-0.3, -0.25) is 0 Å². The fourth-order valence-corrected chi connectivity index (χ4v) is 1.47. The van der Waals surface area contributed by atoms with E-state index in [9.17, 15) is 18.9 Å². The molecule has 0 saturated carbocycles. The minimum Gasteiger partial charge on any atom is -0.581 e. The molecule has 0 spiro atoms. The van der Waals surface area contributed by atoms with E-state index in [1.807, 2.05) is 0 Å². The maximum atomic E-state index is 9.43. The Labute approximate surface area is 86.4 Å². The summed E-state index contributed by atoms with van der Waals surface area (Å²) >= 11 is -0.0833. The maximum Gasteiger partial charge on any atom is 0.438 e. The van der Waals surface area contributed by atoms with Gasteiger partial charge in [0.25, 0.3) is 0 Å². The third-order valence-corrected chi connectivity index (χ3v) is 3.60. The quantitative estimate of drug-likeness (QED) is 0.467. The molecule has 0 saturated heterocycles. The zero-order chi connectivity index (χ0) is 5.86. The van der Waals surface area contributed by atoms with E-state index in [0.717, 1.165) is 0 Å². The Balaban J connectivity index is -0.0000000600. The van der Waals surface area contributed by atoms with Crippen molar-refractivity contribution in [3.05, 3.63) is 0 Å². The molecule has 0 aromatic heterocycles. The summed E-state index contributed by atoms with van der Waals surface area (Å²) in [6.07, 6.45) is 0. The fraction of sp³-hybridized carbons (Fsp3) is 0. The second kappa shape index (κ2) is 13.2. The Hall–Kier alpha value is 1.57. The summed E-state index contributed by atoms with van der Waals surface area (Å²) in [4.78, 5) is 18.9. The first-order valence-electron chi connectivity index (χ1n) is 1.10. The first kappa shape index (κ1) is 22.6. The van der Waals surface area contributed by atoms with Crippen LogP contribution < -0.4 is 9.79 Å². The number of rotatable bonds is 2. The molecule has 2 atom stereocenters. The molecule has 0 aromatic rings. The van der Waals surface area contributed by atoms with E-state index >= 15 is 0 Å². The van der Waals surface area contributed by atoms with Gasteiger partial charge < -0.3 is 9.79 Å². The molecule has 0 aromatic carbocycles. The second-order valence-corrected chi connectivity index (χ2v) is 5.34. The Morgan fingerprint density at radius 1 is 1.10 bits per heavy atom. The third-order valence-electron chi connectivity index (χ3n) is 0.133. The summed E-state index contributed by atoms with van der Waals surface area (Å²) in [5.41, 5.74) is 0. The molecule has 53 valence electrons. The molecule has 10 heavy (non-hydrogen) atoms. The summed E-state index contributed by atoms with van der Waals surface area (Å²) in [5, 5.41) is 0. The van der Waals surface area contributed by atoms with Crippen molar-refractivity contribution in [1.82, 2.24) is 0 Å². The van der Waals surface area contributed by atoms with Crippen molar-refractivity contribution >= 4 is 67.7 Å². The van der Waals surface area contributed by atoms with E-state index in [1.165, 1.54) is 0 Å². The topological polar surface area (TPSA) is 80.3 Å². The monoisotopic (exact) mass is 229 g/mol. The summed E-state index contributed by atoms with van der Waals surface area (Å²) in [7, 11) is -5.64. The van der Waals surface area contributed by atoms with Gasteiger partial charge in [-0.05, 0) is 0 Å². The van der Waals surface area contributed by atoms with E-state index in [2.05, 4.69) is 0 Å². The average Bonchev–Trinajstić information content (AvgIpc) is 1.27. The number of hydrogen-bond donors (Lipinski definition) is 0. The van der Waals surface area contributed by atoms with E-state index in [1.54, 1.807) is 0 Å². The van der Waals surface area contributed by atoms with Gasteiger partial charge in [-0.15, -0.1) is 12.4 Å². The summed E-state index contributed by atoms with van der Waals surface area (Å²) in [6, 6.07) is 0. The molecule has 0 heterocycles. The third kappa shape index (κ3) is 22.7. The van der Waals surface area contributed by atoms with Crippen molar-refractivity contribution < 1.29 is 18.9 Å². The summed E-state index contributed by atoms with van der Waals surface area (Å²) in [5.74, 6) is 0. The van der Waals surface area contributed by atoms with Crippen LogP contribution in [0.5, 0.6) is 0 Å². The molecule has 0 amide bonds. The Kier molecular flexibility index (Phi) is 29.7. The summed E-state index contributed by atoms with van der Waals surface area (Å²) in [6.45, 7) is 0. The van der Waals surface area contributed by atoms with Gasteiger partial charge in [-0.25, -0.2) is 0 Å².